The SMILES string of the molecule is CC(C)Nc1ncnc2ccc(-c3cccc(CN(Cc4ccccc4)C(=O)CC#N)c3)cc12. The molecule has 6 nitrogen and oxygen atoms in total. The Kier molecular flexibility index (Phi) is 7.14. The molecule has 0 bridgehead atoms. The van der Waals surface area contributed by atoms with Gasteiger partial charge >= 0.3 is 0 Å². The lowest BCUT2D eigenvalue weighted by molar-refractivity contribution is -0.131. The molecule has 1 heterocycles. The van der Waals surface area contributed by atoms with Crippen molar-refractivity contribution in [2.45, 2.75) is 39.4 Å². The van der Waals surface area contributed by atoms with Crippen LogP contribution >= 0.6 is 0 Å². The van der Waals surface area contributed by atoms with Crippen LogP contribution in [0.1, 0.15) is 31.4 Å². The summed E-state index contributed by atoms with van der Waals surface area (Å²) in [6.45, 7) is 5.05. The highest BCUT2D eigenvalue weighted by atomic mass is 16.2. The van der Waals surface area contributed by atoms with Crippen LogP contribution in [0.3, 0.4) is 0 Å². The number of hydrogen-bond donors (Lipinski definition) is 1. The van der Waals surface area contributed by atoms with Crippen molar-refractivity contribution < 1.29 is 4.79 Å². The van der Waals surface area contributed by atoms with Gasteiger partial charge in [-0.15, -0.1) is 0 Å². The molecule has 0 fully saturated rings. The number of nitrogens with zero attached hydrogens (tertiary/aromatic N) is 4. The van der Waals surface area contributed by atoms with Crippen molar-refractivity contribution in [3.05, 3.63) is 90.3 Å². The molecule has 0 aliphatic carbocycles. The van der Waals surface area contributed by atoms with E-state index in [-0.39, 0.29) is 18.4 Å². The van der Waals surface area contributed by atoms with Gasteiger partial charge in [0.05, 0.1) is 11.6 Å². The van der Waals surface area contributed by atoms with E-state index < -0.39 is 0 Å². The van der Waals surface area contributed by atoms with Crippen LogP contribution in [0.15, 0.2) is 79.1 Å². The van der Waals surface area contributed by atoms with Gasteiger partial charge < -0.3 is 10.2 Å². The smallest absolute Gasteiger partial charge is 0.237 e. The Balaban J connectivity index is 1.63. The van der Waals surface area contributed by atoms with Crippen LogP contribution in [0.2, 0.25) is 0 Å². The van der Waals surface area contributed by atoms with Crippen LogP contribution in [0.5, 0.6) is 0 Å². The number of amides is 1. The molecule has 1 N–H and O–H groups in total. The van der Waals surface area contributed by atoms with Gasteiger partial charge in [0.25, 0.3) is 0 Å². The maximum Gasteiger partial charge on any atom is 0.237 e. The van der Waals surface area contributed by atoms with E-state index in [1.807, 2.05) is 54.6 Å². The Morgan fingerprint density at radius 2 is 1.68 bits per heavy atom. The topological polar surface area (TPSA) is 81.9 Å². The van der Waals surface area contributed by atoms with Gasteiger partial charge in [-0.05, 0) is 54.3 Å². The monoisotopic (exact) mass is 449 g/mol. The summed E-state index contributed by atoms with van der Waals surface area (Å²) in [5.74, 6) is 0.637. The number of nitrogens with one attached hydrogen (secondary N) is 1. The Labute approximate surface area is 199 Å². The van der Waals surface area contributed by atoms with E-state index >= 15 is 0 Å². The van der Waals surface area contributed by atoms with Crippen LogP contribution in [0, 0.1) is 11.3 Å². The first-order valence-electron chi connectivity index (χ1n) is 11.3. The van der Waals surface area contributed by atoms with E-state index in [4.69, 9.17) is 5.26 Å². The molecule has 1 amide bonds. The van der Waals surface area contributed by atoms with Gasteiger partial charge in [0, 0.05) is 24.5 Å². The molecule has 3 aromatic carbocycles. The molecular formula is C28H27N5O. The Bertz CT molecular complexity index is 1330. The summed E-state index contributed by atoms with van der Waals surface area (Å²) in [7, 11) is 0. The van der Waals surface area contributed by atoms with Crippen LogP contribution in [-0.2, 0) is 17.9 Å². The number of hydrogen-bond acceptors (Lipinski definition) is 5. The predicted octanol–water partition coefficient (Wildman–Crippen LogP) is 5.56. The van der Waals surface area contributed by atoms with Crippen molar-refractivity contribution in [1.29, 1.82) is 5.26 Å². The maximum atomic E-state index is 12.7. The van der Waals surface area contributed by atoms with E-state index in [0.717, 1.165) is 39.0 Å². The number of benzene rings is 3. The first-order chi connectivity index (χ1) is 16.5. The van der Waals surface area contributed by atoms with Crippen molar-refractivity contribution in [1.82, 2.24) is 14.9 Å². The Morgan fingerprint density at radius 3 is 2.44 bits per heavy atom. The van der Waals surface area contributed by atoms with Crippen LogP contribution in [0.4, 0.5) is 5.82 Å². The van der Waals surface area contributed by atoms with Crippen LogP contribution in [0.25, 0.3) is 22.0 Å². The Morgan fingerprint density at radius 1 is 0.941 bits per heavy atom. The van der Waals surface area contributed by atoms with Gasteiger partial charge in [-0.2, -0.15) is 5.26 Å². The molecule has 0 atom stereocenters. The van der Waals surface area contributed by atoms with E-state index in [2.05, 4.69) is 53.4 Å². The molecule has 0 saturated carbocycles. The summed E-state index contributed by atoms with van der Waals surface area (Å²) < 4.78 is 0. The van der Waals surface area contributed by atoms with Gasteiger partial charge in [0.1, 0.15) is 18.6 Å². The zero-order valence-electron chi connectivity index (χ0n) is 19.4. The number of anilines is 1. The van der Waals surface area contributed by atoms with Gasteiger partial charge in [-0.1, -0.05) is 54.6 Å². The summed E-state index contributed by atoms with van der Waals surface area (Å²) in [6.07, 6.45) is 1.44. The quantitative estimate of drug-likeness (QED) is 0.381. The van der Waals surface area contributed by atoms with Crippen LogP contribution in [-0.4, -0.2) is 26.8 Å². The highest BCUT2D eigenvalue weighted by Gasteiger charge is 2.15. The lowest BCUT2D eigenvalue weighted by Crippen LogP contribution is -2.29. The number of carbonyl (C=O) groups is 1. The minimum absolute atomic E-state index is 0.136. The van der Waals surface area contributed by atoms with Crippen LogP contribution < -0.4 is 5.32 Å². The third kappa shape index (κ3) is 5.57. The van der Waals surface area contributed by atoms with Crippen molar-refractivity contribution in [3.63, 3.8) is 0 Å². The average molecular weight is 450 g/mol. The molecular weight excluding hydrogens is 422 g/mol. The molecule has 34 heavy (non-hydrogen) atoms. The summed E-state index contributed by atoms with van der Waals surface area (Å²) in [4.78, 5) is 23.2. The lowest BCUT2D eigenvalue weighted by atomic mass is 10.0. The minimum atomic E-state index is -0.177. The molecule has 4 aromatic rings. The van der Waals surface area contributed by atoms with Crippen molar-refractivity contribution in [2.75, 3.05) is 5.32 Å². The fourth-order valence-electron chi connectivity index (χ4n) is 3.91. The molecule has 4 rings (SSSR count). The normalized spacial score (nSPS) is 10.8. The summed E-state index contributed by atoms with van der Waals surface area (Å²) >= 11 is 0. The number of carbonyl (C=O) groups excluding carboxylic acids is 1. The second-order valence-electron chi connectivity index (χ2n) is 8.52. The second-order valence-corrected chi connectivity index (χ2v) is 8.52. The van der Waals surface area contributed by atoms with E-state index in [1.165, 1.54) is 0 Å². The number of nitriles is 1. The number of aromatic nitrogens is 2. The standard InChI is InChI=1S/C28H27N5O/c1-20(2)32-28-25-16-24(11-12-26(25)30-19-31-28)23-10-6-9-22(15-23)18-33(27(34)13-14-29)17-21-7-4-3-5-8-21/h3-12,15-16,19-20H,13,17-18H2,1-2H3,(H,30,31,32). The zero-order valence-corrected chi connectivity index (χ0v) is 19.4. The fraction of sp³-hybridized carbons (Fsp3) is 0.214. The average Bonchev–Trinajstić information content (AvgIpc) is 2.84. The first-order valence-corrected chi connectivity index (χ1v) is 11.3. The van der Waals surface area contributed by atoms with E-state index in [1.54, 1.807) is 11.2 Å². The second kappa shape index (κ2) is 10.6. The highest BCUT2D eigenvalue weighted by molar-refractivity contribution is 5.92. The third-order valence-corrected chi connectivity index (χ3v) is 5.49. The lowest BCUT2D eigenvalue weighted by Gasteiger charge is -2.22. The van der Waals surface area contributed by atoms with E-state index in [0.29, 0.717) is 13.1 Å². The maximum absolute atomic E-state index is 12.7. The summed E-state index contributed by atoms with van der Waals surface area (Å²) in [5.41, 5.74) is 5.02. The van der Waals surface area contributed by atoms with Crippen molar-refractivity contribution in [3.8, 4) is 17.2 Å². The summed E-state index contributed by atoms with van der Waals surface area (Å²) in [6, 6.07) is 26.4. The molecule has 0 aliphatic rings. The minimum Gasteiger partial charge on any atom is -0.367 e. The molecule has 0 spiro atoms. The highest BCUT2D eigenvalue weighted by Crippen LogP contribution is 2.28. The van der Waals surface area contributed by atoms with Gasteiger partial charge in [0.2, 0.25) is 5.91 Å². The largest absolute Gasteiger partial charge is 0.367 e. The van der Waals surface area contributed by atoms with Gasteiger partial charge in [0.15, 0.2) is 0 Å². The summed E-state index contributed by atoms with van der Waals surface area (Å²) in [5, 5.41) is 13.4. The van der Waals surface area contributed by atoms with E-state index in [9.17, 15) is 4.79 Å². The fourth-order valence-corrected chi connectivity index (χ4v) is 3.91. The van der Waals surface area contributed by atoms with Gasteiger partial charge in [-0.25, -0.2) is 9.97 Å². The molecule has 0 radical (unpaired) electrons. The zero-order chi connectivity index (χ0) is 23.9. The molecule has 1 aromatic heterocycles. The molecule has 6 heteroatoms. The number of fused-ring (bicyclic) bond motifs is 1. The molecule has 0 saturated heterocycles. The van der Waals surface area contributed by atoms with Crippen molar-refractivity contribution in [2.24, 2.45) is 0 Å². The Hall–Kier alpha value is -4.24. The molecule has 170 valence electrons. The number of rotatable bonds is 8. The first kappa shape index (κ1) is 22.9. The van der Waals surface area contributed by atoms with Crippen molar-refractivity contribution >= 4 is 22.6 Å². The van der Waals surface area contributed by atoms with Gasteiger partial charge in [-0.3, -0.25) is 4.79 Å². The third-order valence-electron chi connectivity index (χ3n) is 5.49. The molecule has 0 unspecified atom stereocenters. The predicted molar refractivity (Wildman–Crippen MR) is 135 cm³/mol. The molecule has 0 aliphatic heterocycles.